The highest BCUT2D eigenvalue weighted by molar-refractivity contribution is 7.93. The summed E-state index contributed by atoms with van der Waals surface area (Å²) >= 11 is 1.31. The number of anilines is 1. The fraction of sp³-hybridized carbons (Fsp3) is 0.0435. The molecule has 31 heavy (non-hydrogen) atoms. The zero-order chi connectivity index (χ0) is 21.4. The highest BCUT2D eigenvalue weighted by Crippen LogP contribution is 2.32. The van der Waals surface area contributed by atoms with E-state index in [-0.39, 0.29) is 4.90 Å². The zero-order valence-electron chi connectivity index (χ0n) is 16.6. The summed E-state index contributed by atoms with van der Waals surface area (Å²) in [5, 5.41) is 4.92. The smallest absolute Gasteiger partial charge is 0.254 e. The van der Waals surface area contributed by atoms with Gasteiger partial charge in [-0.05, 0) is 36.8 Å². The lowest BCUT2D eigenvalue weighted by Gasteiger charge is -2.05. The van der Waals surface area contributed by atoms with E-state index in [2.05, 4.69) is 14.8 Å². The molecule has 5 rings (SSSR count). The van der Waals surface area contributed by atoms with Crippen molar-refractivity contribution in [3.8, 4) is 16.9 Å². The molecule has 0 spiro atoms. The quantitative estimate of drug-likeness (QED) is 0.400. The van der Waals surface area contributed by atoms with Crippen LogP contribution in [0.2, 0.25) is 0 Å². The number of nitrogens with zero attached hydrogens (tertiary/aromatic N) is 3. The first-order chi connectivity index (χ1) is 15.0. The van der Waals surface area contributed by atoms with Gasteiger partial charge in [-0.3, -0.25) is 4.72 Å². The highest BCUT2D eigenvalue weighted by atomic mass is 32.2. The van der Waals surface area contributed by atoms with Gasteiger partial charge in [-0.25, -0.2) is 18.1 Å². The molecule has 0 radical (unpaired) electrons. The second kappa shape index (κ2) is 7.64. The molecule has 2 aromatic heterocycles. The molecule has 0 amide bonds. The maximum atomic E-state index is 13.4. The van der Waals surface area contributed by atoms with Crippen LogP contribution in [0.5, 0.6) is 0 Å². The molecule has 2 heterocycles. The largest absolute Gasteiger partial charge is 0.267 e. The first-order valence-electron chi connectivity index (χ1n) is 9.60. The van der Waals surface area contributed by atoms with Crippen LogP contribution < -0.4 is 4.72 Å². The first-order valence-corrected chi connectivity index (χ1v) is 11.9. The molecule has 0 aliphatic carbocycles. The van der Waals surface area contributed by atoms with Gasteiger partial charge in [-0.15, -0.1) is 0 Å². The van der Waals surface area contributed by atoms with Gasteiger partial charge in [0.2, 0.25) is 0 Å². The molecule has 0 aliphatic heterocycles. The van der Waals surface area contributed by atoms with Crippen LogP contribution in [0, 0.1) is 6.92 Å². The van der Waals surface area contributed by atoms with Crippen molar-refractivity contribution >= 4 is 36.7 Å². The normalized spacial score (nSPS) is 11.6. The predicted octanol–water partition coefficient (Wildman–Crippen LogP) is 5.26. The van der Waals surface area contributed by atoms with E-state index in [4.69, 9.17) is 0 Å². The average Bonchev–Trinajstić information content (AvgIpc) is 3.39. The number of fused-ring (bicyclic) bond motifs is 1. The summed E-state index contributed by atoms with van der Waals surface area (Å²) in [7, 11) is -3.92. The van der Waals surface area contributed by atoms with Gasteiger partial charge in [0.15, 0.2) is 5.13 Å². The van der Waals surface area contributed by atoms with E-state index in [0.717, 1.165) is 27.0 Å². The van der Waals surface area contributed by atoms with Crippen LogP contribution in [0.25, 0.3) is 27.2 Å². The van der Waals surface area contributed by atoms with Crippen molar-refractivity contribution in [1.82, 2.24) is 14.8 Å². The van der Waals surface area contributed by atoms with Gasteiger partial charge in [0.05, 0.1) is 22.1 Å². The maximum absolute atomic E-state index is 13.4. The Hall–Kier alpha value is -3.49. The number of hydrogen-bond donors (Lipinski definition) is 1. The van der Waals surface area contributed by atoms with Crippen molar-refractivity contribution in [1.29, 1.82) is 0 Å². The van der Waals surface area contributed by atoms with Crippen LogP contribution in [0.1, 0.15) is 5.56 Å². The summed E-state index contributed by atoms with van der Waals surface area (Å²) in [6.07, 6.45) is 1.54. The minimum atomic E-state index is -3.92. The molecule has 5 aromatic rings. The third-order valence-electron chi connectivity index (χ3n) is 4.80. The topological polar surface area (TPSA) is 76.9 Å². The van der Waals surface area contributed by atoms with Crippen molar-refractivity contribution in [3.63, 3.8) is 0 Å². The monoisotopic (exact) mass is 446 g/mol. The number of nitrogens with one attached hydrogen (secondary N) is 1. The Morgan fingerprint density at radius 1 is 0.935 bits per heavy atom. The lowest BCUT2D eigenvalue weighted by Crippen LogP contribution is -2.13. The first kappa shape index (κ1) is 19.5. The van der Waals surface area contributed by atoms with Gasteiger partial charge in [-0.2, -0.15) is 5.10 Å². The van der Waals surface area contributed by atoms with Gasteiger partial charge >= 0.3 is 0 Å². The molecule has 0 unspecified atom stereocenters. The molecule has 0 fully saturated rings. The Bertz CT molecular complexity index is 1470. The van der Waals surface area contributed by atoms with Crippen LogP contribution in [0.15, 0.2) is 90.0 Å². The number of aromatic nitrogens is 3. The Labute approximate surface area is 183 Å². The van der Waals surface area contributed by atoms with Gasteiger partial charge < -0.3 is 0 Å². The van der Waals surface area contributed by atoms with E-state index in [0.29, 0.717) is 10.8 Å². The van der Waals surface area contributed by atoms with E-state index < -0.39 is 10.0 Å². The third-order valence-corrected chi connectivity index (χ3v) is 7.21. The Kier molecular flexibility index (Phi) is 4.80. The van der Waals surface area contributed by atoms with Crippen LogP contribution in [0.4, 0.5) is 5.13 Å². The molecule has 8 heteroatoms. The van der Waals surface area contributed by atoms with Crippen LogP contribution >= 0.6 is 11.3 Å². The van der Waals surface area contributed by atoms with Crippen molar-refractivity contribution < 1.29 is 8.42 Å². The molecule has 0 atom stereocenters. The summed E-state index contributed by atoms with van der Waals surface area (Å²) in [6.45, 7) is 1.99. The number of thiazole rings is 1. The lowest BCUT2D eigenvalue weighted by molar-refractivity contribution is 0.601. The highest BCUT2D eigenvalue weighted by Gasteiger charge is 2.25. The summed E-state index contributed by atoms with van der Waals surface area (Å²) < 4.78 is 31.9. The van der Waals surface area contributed by atoms with Crippen molar-refractivity contribution in [2.75, 3.05) is 4.72 Å². The summed E-state index contributed by atoms with van der Waals surface area (Å²) in [5.41, 5.74) is 3.74. The van der Waals surface area contributed by atoms with Gasteiger partial charge in [-0.1, -0.05) is 65.9 Å². The Morgan fingerprint density at radius 2 is 1.65 bits per heavy atom. The summed E-state index contributed by atoms with van der Waals surface area (Å²) in [5.74, 6) is 0. The fourth-order valence-corrected chi connectivity index (χ4v) is 5.66. The Balaban J connectivity index is 1.60. The molecular weight excluding hydrogens is 428 g/mol. The zero-order valence-corrected chi connectivity index (χ0v) is 18.2. The van der Waals surface area contributed by atoms with E-state index in [9.17, 15) is 8.42 Å². The predicted molar refractivity (Wildman–Crippen MR) is 124 cm³/mol. The molecule has 0 saturated carbocycles. The average molecular weight is 447 g/mol. The minimum Gasteiger partial charge on any atom is -0.254 e. The van der Waals surface area contributed by atoms with Crippen molar-refractivity contribution in [2.45, 2.75) is 11.8 Å². The molecule has 3 aromatic carbocycles. The Morgan fingerprint density at radius 3 is 2.39 bits per heavy atom. The third kappa shape index (κ3) is 3.83. The number of rotatable bonds is 5. The summed E-state index contributed by atoms with van der Waals surface area (Å²) in [6, 6.07) is 24.5. The molecule has 154 valence electrons. The van der Waals surface area contributed by atoms with Gasteiger partial charge in [0.25, 0.3) is 10.0 Å². The molecule has 0 saturated heterocycles. The summed E-state index contributed by atoms with van der Waals surface area (Å²) in [4.78, 5) is 4.53. The number of sulfonamides is 1. The standard InChI is InChI=1S/C23H18N4O2S2/c1-16-12-13-19-20(14-16)30-23(24-19)26-31(28,29)21-15-27(18-10-6-3-7-11-18)25-22(21)17-8-4-2-5-9-17/h2-15H,1H3,(H,24,26). The van der Waals surface area contributed by atoms with Gasteiger partial charge in [0, 0.05) is 5.56 Å². The molecular formula is C23H18N4O2S2. The SMILES string of the molecule is Cc1ccc2nc(NS(=O)(=O)c3cn(-c4ccccc4)nc3-c3ccccc3)sc2c1. The number of hydrogen-bond acceptors (Lipinski definition) is 5. The molecule has 0 aliphatic rings. The van der Waals surface area contributed by atoms with Crippen LogP contribution in [0.3, 0.4) is 0 Å². The van der Waals surface area contributed by atoms with Crippen LogP contribution in [-0.4, -0.2) is 23.2 Å². The van der Waals surface area contributed by atoms with Crippen LogP contribution in [-0.2, 0) is 10.0 Å². The number of aryl methyl sites for hydroxylation is 1. The van der Waals surface area contributed by atoms with E-state index in [1.165, 1.54) is 17.5 Å². The van der Waals surface area contributed by atoms with E-state index in [1.807, 2.05) is 85.8 Å². The second-order valence-corrected chi connectivity index (χ2v) is 9.77. The number of benzene rings is 3. The molecule has 1 N–H and O–H groups in total. The molecule has 0 bridgehead atoms. The fourth-order valence-electron chi connectivity index (χ4n) is 3.31. The van der Waals surface area contributed by atoms with Crippen molar-refractivity contribution in [2.24, 2.45) is 0 Å². The minimum absolute atomic E-state index is 0.0954. The van der Waals surface area contributed by atoms with E-state index in [1.54, 1.807) is 4.68 Å². The maximum Gasteiger partial charge on any atom is 0.267 e. The van der Waals surface area contributed by atoms with E-state index >= 15 is 0 Å². The van der Waals surface area contributed by atoms with Crippen molar-refractivity contribution in [3.05, 3.63) is 90.6 Å². The molecule has 6 nitrogen and oxygen atoms in total. The van der Waals surface area contributed by atoms with Gasteiger partial charge in [0.1, 0.15) is 10.6 Å². The number of para-hydroxylation sites is 1. The second-order valence-electron chi connectivity index (χ2n) is 7.08. The lowest BCUT2D eigenvalue weighted by atomic mass is 10.2.